The van der Waals surface area contributed by atoms with E-state index in [1.54, 1.807) is 19.2 Å². The molecule has 3 fully saturated rings. The molecule has 11 nitrogen and oxygen atoms in total. The van der Waals surface area contributed by atoms with E-state index < -0.39 is 34.6 Å². The minimum absolute atomic E-state index is 0.0253. The maximum Gasteiger partial charge on any atom is 0.327 e. The highest BCUT2D eigenvalue weighted by Crippen LogP contribution is 2.35. The number of benzene rings is 1. The molecule has 0 spiro atoms. The SMILES string of the molecule is CN1C(=O)C2C(SCC(=O)N3CCCC3)NC(c3cccc([N+](=O)[O-])c3)NC2N(C)C1=O. The van der Waals surface area contributed by atoms with Crippen LogP contribution < -0.4 is 10.6 Å². The lowest BCUT2D eigenvalue weighted by molar-refractivity contribution is -0.385. The number of carbonyl (C=O) groups excluding carboxylic acids is 3. The van der Waals surface area contributed by atoms with Crippen LogP contribution in [0.4, 0.5) is 10.5 Å². The van der Waals surface area contributed by atoms with Crippen molar-refractivity contribution >= 4 is 35.3 Å². The van der Waals surface area contributed by atoms with E-state index in [4.69, 9.17) is 0 Å². The van der Waals surface area contributed by atoms with E-state index in [-0.39, 0.29) is 23.3 Å². The van der Waals surface area contributed by atoms with Crippen molar-refractivity contribution in [2.75, 3.05) is 32.9 Å². The normalized spacial score (nSPS) is 28.1. The molecule has 32 heavy (non-hydrogen) atoms. The van der Waals surface area contributed by atoms with Crippen LogP contribution in [0.5, 0.6) is 0 Å². The number of imide groups is 1. The summed E-state index contributed by atoms with van der Waals surface area (Å²) in [7, 11) is 3.06. The van der Waals surface area contributed by atoms with Crippen molar-refractivity contribution in [3.8, 4) is 0 Å². The topological polar surface area (TPSA) is 128 Å². The Bertz CT molecular complexity index is 939. The fourth-order valence-electron chi connectivity index (χ4n) is 4.43. The lowest BCUT2D eigenvalue weighted by atomic mass is 9.96. The zero-order valence-electron chi connectivity index (χ0n) is 17.9. The summed E-state index contributed by atoms with van der Waals surface area (Å²) in [6.45, 7) is 1.50. The number of likely N-dealkylation sites (tertiary alicyclic amines) is 1. The summed E-state index contributed by atoms with van der Waals surface area (Å²) in [5, 5.41) is 17.3. The minimum atomic E-state index is -0.617. The van der Waals surface area contributed by atoms with Crippen LogP contribution in [0.1, 0.15) is 24.6 Å². The summed E-state index contributed by atoms with van der Waals surface area (Å²) in [6.07, 6.45) is 0.841. The van der Waals surface area contributed by atoms with Crippen molar-refractivity contribution in [2.24, 2.45) is 5.92 Å². The van der Waals surface area contributed by atoms with Gasteiger partial charge in [0, 0.05) is 39.3 Å². The average molecular weight is 463 g/mol. The molecule has 3 aliphatic rings. The van der Waals surface area contributed by atoms with Crippen molar-refractivity contribution in [1.82, 2.24) is 25.3 Å². The number of urea groups is 1. The van der Waals surface area contributed by atoms with Gasteiger partial charge in [-0.3, -0.25) is 35.2 Å². The summed E-state index contributed by atoms with van der Waals surface area (Å²) >= 11 is 1.33. The number of non-ortho nitro benzene ring substituents is 1. The van der Waals surface area contributed by atoms with Gasteiger partial charge in [0.05, 0.1) is 34.3 Å². The predicted octanol–water partition coefficient (Wildman–Crippen LogP) is 0.934. The van der Waals surface area contributed by atoms with Gasteiger partial charge in [0.15, 0.2) is 0 Å². The Hall–Kier alpha value is -2.70. The number of amides is 4. The average Bonchev–Trinajstić information content (AvgIpc) is 3.34. The van der Waals surface area contributed by atoms with E-state index in [2.05, 4.69) is 10.6 Å². The Morgan fingerprint density at radius 1 is 1.22 bits per heavy atom. The first kappa shape index (κ1) is 22.5. The Morgan fingerprint density at radius 3 is 2.62 bits per heavy atom. The second-order valence-corrected chi connectivity index (χ2v) is 9.33. The Balaban J connectivity index is 1.59. The number of nitrogens with zero attached hydrogens (tertiary/aromatic N) is 4. The third-order valence-corrected chi connectivity index (χ3v) is 7.42. The van der Waals surface area contributed by atoms with Crippen molar-refractivity contribution in [2.45, 2.75) is 30.5 Å². The van der Waals surface area contributed by atoms with E-state index in [1.807, 2.05) is 4.90 Å². The smallest absolute Gasteiger partial charge is 0.327 e. The number of rotatable bonds is 5. The molecule has 2 N–H and O–H groups in total. The van der Waals surface area contributed by atoms with Crippen LogP contribution in [-0.2, 0) is 9.59 Å². The van der Waals surface area contributed by atoms with Crippen LogP contribution in [0.2, 0.25) is 0 Å². The van der Waals surface area contributed by atoms with E-state index in [0.29, 0.717) is 5.56 Å². The molecule has 4 rings (SSSR count). The van der Waals surface area contributed by atoms with Crippen LogP contribution in [0.3, 0.4) is 0 Å². The molecule has 0 aliphatic carbocycles. The zero-order chi connectivity index (χ0) is 23.0. The number of hydrogen-bond acceptors (Lipinski definition) is 8. The standard InChI is InChI=1S/C20H26N6O5S/c1-23-17-15(19(28)24(2)20(23)29)18(32-11-14(27)25-8-3-4-9-25)22-16(21-17)12-6-5-7-13(10-12)26(30)31/h5-7,10,15-18,21-22H,3-4,8-9,11H2,1-2H3. The van der Waals surface area contributed by atoms with Gasteiger partial charge in [-0.2, -0.15) is 0 Å². The lowest BCUT2D eigenvalue weighted by Crippen LogP contribution is -2.72. The number of thioether (sulfide) groups is 1. The van der Waals surface area contributed by atoms with E-state index in [9.17, 15) is 24.5 Å². The van der Waals surface area contributed by atoms with Gasteiger partial charge in [-0.1, -0.05) is 12.1 Å². The van der Waals surface area contributed by atoms with Crippen LogP contribution >= 0.6 is 11.8 Å². The monoisotopic (exact) mass is 462 g/mol. The number of fused-ring (bicyclic) bond motifs is 1. The van der Waals surface area contributed by atoms with Crippen LogP contribution in [0, 0.1) is 16.0 Å². The molecule has 1 aromatic rings. The molecule has 4 unspecified atom stereocenters. The highest BCUT2D eigenvalue weighted by molar-refractivity contribution is 8.00. The van der Waals surface area contributed by atoms with Crippen molar-refractivity contribution in [3.05, 3.63) is 39.9 Å². The second-order valence-electron chi connectivity index (χ2n) is 8.20. The van der Waals surface area contributed by atoms with Gasteiger partial charge < -0.3 is 9.80 Å². The van der Waals surface area contributed by atoms with Crippen molar-refractivity contribution in [3.63, 3.8) is 0 Å². The molecular formula is C20H26N6O5S. The molecular weight excluding hydrogens is 436 g/mol. The maximum atomic E-state index is 13.0. The summed E-state index contributed by atoms with van der Waals surface area (Å²) in [5.74, 6) is -0.718. The molecule has 3 aliphatic heterocycles. The Morgan fingerprint density at radius 2 is 1.94 bits per heavy atom. The van der Waals surface area contributed by atoms with Gasteiger partial charge >= 0.3 is 6.03 Å². The van der Waals surface area contributed by atoms with E-state index in [0.717, 1.165) is 30.8 Å². The molecule has 0 aromatic heterocycles. The first-order chi connectivity index (χ1) is 15.3. The molecule has 0 bridgehead atoms. The van der Waals surface area contributed by atoms with Crippen molar-refractivity contribution in [1.29, 1.82) is 0 Å². The molecule has 4 amide bonds. The molecule has 12 heteroatoms. The highest BCUT2D eigenvalue weighted by Gasteiger charge is 2.51. The van der Waals surface area contributed by atoms with Gasteiger partial charge in [0.25, 0.3) is 5.69 Å². The molecule has 0 saturated carbocycles. The van der Waals surface area contributed by atoms with E-state index >= 15 is 0 Å². The fourth-order valence-corrected chi connectivity index (χ4v) is 5.64. The lowest BCUT2D eigenvalue weighted by Gasteiger charge is -2.50. The molecule has 4 atom stereocenters. The molecule has 0 radical (unpaired) electrons. The van der Waals surface area contributed by atoms with Crippen molar-refractivity contribution < 1.29 is 19.3 Å². The third kappa shape index (κ3) is 4.17. The summed E-state index contributed by atoms with van der Waals surface area (Å²) in [6, 6.07) is 5.77. The Kier molecular flexibility index (Phi) is 6.35. The molecule has 172 valence electrons. The summed E-state index contributed by atoms with van der Waals surface area (Å²) < 4.78 is 0. The largest absolute Gasteiger partial charge is 0.342 e. The maximum absolute atomic E-state index is 13.0. The number of nitro groups is 1. The van der Waals surface area contributed by atoms with Gasteiger partial charge in [-0.25, -0.2) is 4.79 Å². The first-order valence-corrected chi connectivity index (χ1v) is 11.5. The molecule has 3 heterocycles. The van der Waals surface area contributed by atoms with Crippen LogP contribution in [0.15, 0.2) is 24.3 Å². The molecule has 3 saturated heterocycles. The first-order valence-electron chi connectivity index (χ1n) is 10.5. The number of carbonyl (C=O) groups is 3. The van der Waals surface area contributed by atoms with Crippen LogP contribution in [-0.4, -0.2) is 81.9 Å². The second kappa shape index (κ2) is 9.04. The number of nitro benzene ring substituents is 1. The fraction of sp³-hybridized carbons (Fsp3) is 0.550. The van der Waals surface area contributed by atoms with Gasteiger partial charge in [-0.05, 0) is 18.4 Å². The van der Waals surface area contributed by atoms with Gasteiger partial charge in [-0.15, -0.1) is 11.8 Å². The van der Waals surface area contributed by atoms with E-state index in [1.165, 1.54) is 35.8 Å². The number of hydrogen-bond donors (Lipinski definition) is 2. The zero-order valence-corrected chi connectivity index (χ0v) is 18.7. The highest BCUT2D eigenvalue weighted by atomic mass is 32.2. The Labute approximate surface area is 189 Å². The van der Waals surface area contributed by atoms with Crippen LogP contribution in [0.25, 0.3) is 0 Å². The predicted molar refractivity (Wildman–Crippen MR) is 117 cm³/mol. The third-order valence-electron chi connectivity index (χ3n) is 6.22. The number of nitrogens with one attached hydrogen (secondary N) is 2. The van der Waals surface area contributed by atoms with Gasteiger partial charge in [0.2, 0.25) is 11.8 Å². The van der Waals surface area contributed by atoms with Gasteiger partial charge in [0.1, 0.15) is 0 Å². The quantitative estimate of drug-likeness (QED) is 0.489. The summed E-state index contributed by atoms with van der Waals surface area (Å²) in [5.41, 5.74) is 0.562. The molecule has 1 aromatic carbocycles. The summed E-state index contributed by atoms with van der Waals surface area (Å²) in [4.78, 5) is 53.3. The minimum Gasteiger partial charge on any atom is -0.342 e.